The van der Waals surface area contributed by atoms with Crippen molar-refractivity contribution in [3.8, 4) is 17.2 Å². The first kappa shape index (κ1) is 14.3. The molecular weight excluding hydrogens is 236 g/mol. The fourth-order valence-electron chi connectivity index (χ4n) is 1.63. The lowest BCUT2D eigenvalue weighted by atomic mass is 10.0. The summed E-state index contributed by atoms with van der Waals surface area (Å²) >= 11 is 0. The molecule has 1 aromatic carbocycles. The zero-order valence-corrected chi connectivity index (χ0v) is 11.0. The van der Waals surface area contributed by atoms with Crippen molar-refractivity contribution in [2.45, 2.75) is 19.4 Å². The van der Waals surface area contributed by atoms with Gasteiger partial charge >= 0.3 is 0 Å². The molecule has 0 saturated heterocycles. The Labute approximate surface area is 106 Å². The number of carbonyl (C=O) groups is 1. The molecule has 0 spiro atoms. The smallest absolute Gasteiger partial charge is 0.165 e. The standard InChI is InChI=1S/C13H18O5/c1-5-9(14)13(15)8-6-11(17-3)12(18-4)7-10(8)16-2/h6-7,13,15H,5H2,1-4H3. The Hall–Kier alpha value is -1.75. The number of hydrogen-bond acceptors (Lipinski definition) is 5. The van der Waals surface area contributed by atoms with E-state index in [0.717, 1.165) is 0 Å². The van der Waals surface area contributed by atoms with E-state index in [0.29, 0.717) is 22.8 Å². The van der Waals surface area contributed by atoms with Crippen LogP contribution in [0.4, 0.5) is 0 Å². The number of aliphatic hydroxyl groups excluding tert-OH is 1. The predicted molar refractivity (Wildman–Crippen MR) is 66.4 cm³/mol. The summed E-state index contributed by atoms with van der Waals surface area (Å²) in [4.78, 5) is 11.6. The van der Waals surface area contributed by atoms with E-state index in [9.17, 15) is 9.90 Å². The van der Waals surface area contributed by atoms with Gasteiger partial charge in [-0.3, -0.25) is 4.79 Å². The fraction of sp³-hybridized carbons (Fsp3) is 0.462. The molecular formula is C13H18O5. The highest BCUT2D eigenvalue weighted by Gasteiger charge is 2.22. The molecule has 0 radical (unpaired) electrons. The Morgan fingerprint density at radius 3 is 2.06 bits per heavy atom. The van der Waals surface area contributed by atoms with Crippen LogP contribution in [0.2, 0.25) is 0 Å². The van der Waals surface area contributed by atoms with E-state index in [4.69, 9.17) is 14.2 Å². The summed E-state index contributed by atoms with van der Waals surface area (Å²) in [5.41, 5.74) is 0.377. The first-order chi connectivity index (χ1) is 8.58. The normalized spacial score (nSPS) is 11.8. The van der Waals surface area contributed by atoms with Gasteiger partial charge in [-0.15, -0.1) is 0 Å². The first-order valence-electron chi connectivity index (χ1n) is 5.59. The Balaban J connectivity index is 3.29. The minimum absolute atomic E-state index is 0.249. The molecule has 0 aromatic heterocycles. The number of aliphatic hydroxyl groups is 1. The topological polar surface area (TPSA) is 65.0 Å². The molecule has 0 aliphatic carbocycles. The summed E-state index contributed by atoms with van der Waals surface area (Å²) in [5, 5.41) is 9.96. The van der Waals surface area contributed by atoms with E-state index in [1.54, 1.807) is 19.1 Å². The van der Waals surface area contributed by atoms with Crippen molar-refractivity contribution in [3.05, 3.63) is 17.7 Å². The average Bonchev–Trinajstić information content (AvgIpc) is 2.43. The molecule has 18 heavy (non-hydrogen) atoms. The molecule has 1 unspecified atom stereocenters. The third kappa shape index (κ3) is 2.73. The SMILES string of the molecule is CCC(=O)C(O)c1cc(OC)c(OC)cc1OC. The maximum atomic E-state index is 11.6. The highest BCUT2D eigenvalue weighted by atomic mass is 16.5. The van der Waals surface area contributed by atoms with Crippen molar-refractivity contribution < 1.29 is 24.1 Å². The molecule has 1 aromatic rings. The maximum Gasteiger partial charge on any atom is 0.165 e. The van der Waals surface area contributed by atoms with Crippen LogP contribution < -0.4 is 14.2 Å². The van der Waals surface area contributed by atoms with E-state index in [-0.39, 0.29) is 12.2 Å². The quantitative estimate of drug-likeness (QED) is 0.837. The van der Waals surface area contributed by atoms with Crippen molar-refractivity contribution >= 4 is 5.78 Å². The second-order valence-corrected chi connectivity index (χ2v) is 3.67. The molecule has 1 rings (SSSR count). The van der Waals surface area contributed by atoms with Crippen LogP contribution in [0.1, 0.15) is 25.0 Å². The third-order valence-electron chi connectivity index (χ3n) is 2.68. The van der Waals surface area contributed by atoms with Crippen LogP contribution in [0.15, 0.2) is 12.1 Å². The minimum atomic E-state index is -1.22. The molecule has 5 heteroatoms. The Bertz CT molecular complexity index is 428. The molecule has 5 nitrogen and oxygen atoms in total. The Kier molecular flexibility index (Phi) is 4.97. The van der Waals surface area contributed by atoms with Gasteiger partial charge in [-0.05, 0) is 6.07 Å². The molecule has 0 bridgehead atoms. The van der Waals surface area contributed by atoms with Crippen molar-refractivity contribution in [2.24, 2.45) is 0 Å². The van der Waals surface area contributed by atoms with E-state index < -0.39 is 6.10 Å². The first-order valence-corrected chi connectivity index (χ1v) is 5.59. The number of ether oxygens (including phenoxy) is 3. The van der Waals surface area contributed by atoms with E-state index in [2.05, 4.69) is 0 Å². The number of carbonyl (C=O) groups excluding carboxylic acids is 1. The van der Waals surface area contributed by atoms with Gasteiger partial charge in [-0.2, -0.15) is 0 Å². The van der Waals surface area contributed by atoms with Gasteiger partial charge in [0.1, 0.15) is 11.9 Å². The van der Waals surface area contributed by atoms with Gasteiger partial charge in [0.15, 0.2) is 17.3 Å². The van der Waals surface area contributed by atoms with Gasteiger partial charge in [0.2, 0.25) is 0 Å². The van der Waals surface area contributed by atoms with Gasteiger partial charge < -0.3 is 19.3 Å². The van der Waals surface area contributed by atoms with Gasteiger partial charge in [-0.25, -0.2) is 0 Å². The lowest BCUT2D eigenvalue weighted by molar-refractivity contribution is -0.127. The van der Waals surface area contributed by atoms with Crippen LogP contribution in [0, 0.1) is 0 Å². The molecule has 0 aliphatic rings. The van der Waals surface area contributed by atoms with Crippen LogP contribution in [-0.4, -0.2) is 32.2 Å². The zero-order valence-electron chi connectivity index (χ0n) is 11.0. The van der Waals surface area contributed by atoms with Crippen LogP contribution in [-0.2, 0) is 4.79 Å². The van der Waals surface area contributed by atoms with Crippen LogP contribution in [0.5, 0.6) is 17.2 Å². The number of methoxy groups -OCH3 is 3. The molecule has 0 amide bonds. The lowest BCUT2D eigenvalue weighted by Gasteiger charge is -2.16. The highest BCUT2D eigenvalue weighted by molar-refractivity contribution is 5.84. The Morgan fingerprint density at radius 2 is 1.61 bits per heavy atom. The molecule has 1 N–H and O–H groups in total. The average molecular weight is 254 g/mol. The van der Waals surface area contributed by atoms with Gasteiger partial charge in [0, 0.05) is 18.1 Å². The minimum Gasteiger partial charge on any atom is -0.496 e. The third-order valence-corrected chi connectivity index (χ3v) is 2.68. The largest absolute Gasteiger partial charge is 0.496 e. The Morgan fingerprint density at radius 1 is 1.11 bits per heavy atom. The van der Waals surface area contributed by atoms with Gasteiger partial charge in [0.25, 0.3) is 0 Å². The van der Waals surface area contributed by atoms with Crippen molar-refractivity contribution in [2.75, 3.05) is 21.3 Å². The van der Waals surface area contributed by atoms with Crippen LogP contribution in [0.25, 0.3) is 0 Å². The summed E-state index contributed by atoms with van der Waals surface area (Å²) in [6.45, 7) is 1.69. The molecule has 0 aliphatic heterocycles. The number of rotatable bonds is 6. The molecule has 100 valence electrons. The molecule has 0 saturated carbocycles. The van der Waals surface area contributed by atoms with Crippen molar-refractivity contribution in [1.82, 2.24) is 0 Å². The van der Waals surface area contributed by atoms with Crippen LogP contribution >= 0.6 is 0 Å². The predicted octanol–water partition coefficient (Wildman–Crippen LogP) is 1.72. The van der Waals surface area contributed by atoms with E-state index in [1.807, 2.05) is 0 Å². The molecule has 1 atom stereocenters. The summed E-state index contributed by atoms with van der Waals surface area (Å²) in [6.07, 6.45) is -0.969. The van der Waals surface area contributed by atoms with Crippen LogP contribution in [0.3, 0.4) is 0 Å². The lowest BCUT2D eigenvalue weighted by Crippen LogP contribution is -2.12. The van der Waals surface area contributed by atoms with Gasteiger partial charge in [0.05, 0.1) is 21.3 Å². The van der Waals surface area contributed by atoms with Crippen molar-refractivity contribution in [1.29, 1.82) is 0 Å². The number of ketones is 1. The molecule has 0 fully saturated rings. The second kappa shape index (κ2) is 6.26. The van der Waals surface area contributed by atoms with E-state index in [1.165, 1.54) is 21.3 Å². The van der Waals surface area contributed by atoms with Crippen molar-refractivity contribution in [3.63, 3.8) is 0 Å². The summed E-state index contributed by atoms with van der Waals surface area (Å²) in [5.74, 6) is 1.04. The maximum absolute atomic E-state index is 11.6. The summed E-state index contributed by atoms with van der Waals surface area (Å²) in [7, 11) is 4.46. The number of Topliss-reactive ketones (excluding diaryl/α,β-unsaturated/α-hetero) is 1. The van der Waals surface area contributed by atoms with Gasteiger partial charge in [-0.1, -0.05) is 6.92 Å². The second-order valence-electron chi connectivity index (χ2n) is 3.67. The highest BCUT2D eigenvalue weighted by Crippen LogP contribution is 2.37. The number of hydrogen-bond donors (Lipinski definition) is 1. The van der Waals surface area contributed by atoms with E-state index >= 15 is 0 Å². The monoisotopic (exact) mass is 254 g/mol. The summed E-state index contributed by atoms with van der Waals surface area (Å²) < 4.78 is 15.4. The summed E-state index contributed by atoms with van der Waals surface area (Å²) in [6, 6.07) is 3.14. The molecule has 0 heterocycles. The fourth-order valence-corrected chi connectivity index (χ4v) is 1.63. The number of benzene rings is 1. The zero-order chi connectivity index (χ0) is 13.7.